The molecular weight excluding hydrogens is 283 g/mol. The zero-order valence-electron chi connectivity index (χ0n) is 12.5. The normalized spacial score (nSPS) is 11.3. The van der Waals surface area contributed by atoms with Gasteiger partial charge in [-0.05, 0) is 18.6 Å². The molecule has 0 atom stereocenters. The third kappa shape index (κ3) is 3.77. The van der Waals surface area contributed by atoms with Gasteiger partial charge in [0.15, 0.2) is 0 Å². The fourth-order valence-electron chi connectivity index (χ4n) is 2.16. The molecule has 0 aliphatic heterocycles. The summed E-state index contributed by atoms with van der Waals surface area (Å²) in [6.07, 6.45) is 0.452. The number of nitrogens with zero attached hydrogens (tertiary/aromatic N) is 1. The van der Waals surface area contributed by atoms with Gasteiger partial charge in [-0.15, -0.1) is 0 Å². The van der Waals surface area contributed by atoms with Crippen LogP contribution in [0.25, 0.3) is 11.1 Å². The van der Waals surface area contributed by atoms with Gasteiger partial charge in [0.25, 0.3) is 0 Å². The highest BCUT2D eigenvalue weighted by Crippen LogP contribution is 2.24. The lowest BCUT2D eigenvalue weighted by Gasteiger charge is -2.09. The molecule has 0 spiro atoms. The second-order valence-corrected chi connectivity index (χ2v) is 4.80. The Morgan fingerprint density at radius 3 is 2.77 bits per heavy atom. The van der Waals surface area contributed by atoms with Crippen molar-refractivity contribution in [1.29, 1.82) is 0 Å². The Morgan fingerprint density at radius 1 is 1.32 bits per heavy atom. The lowest BCUT2D eigenvalue weighted by atomic mass is 10.00. The fraction of sp³-hybridized carbons (Fsp3) is 0.176. The van der Waals surface area contributed by atoms with E-state index in [-0.39, 0.29) is 12.4 Å². The highest BCUT2D eigenvalue weighted by Gasteiger charge is 2.10. The molecule has 0 unspecified atom stereocenters. The van der Waals surface area contributed by atoms with Gasteiger partial charge in [0.1, 0.15) is 5.82 Å². The summed E-state index contributed by atoms with van der Waals surface area (Å²) in [4.78, 5) is 10.3. The molecule has 2 aromatic carbocycles. The molecule has 0 saturated carbocycles. The number of hydrogen-bond acceptors (Lipinski definition) is 3. The maximum atomic E-state index is 14.4. The van der Waals surface area contributed by atoms with Gasteiger partial charge >= 0.3 is 0 Å². The second kappa shape index (κ2) is 7.47. The van der Waals surface area contributed by atoms with Crippen LogP contribution in [0.1, 0.15) is 11.1 Å². The number of aryl methyl sites for hydroxylation is 1. The van der Waals surface area contributed by atoms with E-state index in [4.69, 9.17) is 4.74 Å². The van der Waals surface area contributed by atoms with Crippen molar-refractivity contribution < 1.29 is 13.9 Å². The predicted molar refractivity (Wildman–Crippen MR) is 84.2 cm³/mol. The van der Waals surface area contributed by atoms with Gasteiger partial charge in [0, 0.05) is 18.2 Å². The van der Waals surface area contributed by atoms with E-state index >= 15 is 0 Å². The minimum absolute atomic E-state index is 0.171. The number of methoxy groups -OCH3 is 1. The Labute approximate surface area is 128 Å². The van der Waals surface area contributed by atoms with Gasteiger partial charge in [-0.25, -0.2) is 9.82 Å². The summed E-state index contributed by atoms with van der Waals surface area (Å²) in [6.45, 7) is 2.13. The molecule has 0 heterocycles. The summed E-state index contributed by atoms with van der Waals surface area (Å²) in [7, 11) is 1.51. The molecular formula is C17H17FN2O2. The number of hydrogen-bond donors (Lipinski definition) is 1. The standard InChI is InChI=1S/C17H17FN2O2/c1-12-4-3-5-13(8-12)15-7-6-14(9-16(15)18)17(10-22-2)20-19-11-21/h3-9,11H,10H2,1-2H3,(H,19,21)/b20-17+. The second-order valence-electron chi connectivity index (χ2n) is 4.80. The summed E-state index contributed by atoms with van der Waals surface area (Å²) in [5.41, 5.74) is 5.63. The summed E-state index contributed by atoms with van der Waals surface area (Å²) < 4.78 is 19.4. The van der Waals surface area contributed by atoms with E-state index in [2.05, 4.69) is 10.5 Å². The van der Waals surface area contributed by atoms with E-state index in [1.165, 1.54) is 13.2 Å². The highest BCUT2D eigenvalue weighted by molar-refractivity contribution is 6.02. The molecule has 0 radical (unpaired) electrons. The topological polar surface area (TPSA) is 50.7 Å². The molecule has 0 saturated heterocycles. The number of carbonyl (C=O) groups excluding carboxylic acids is 1. The fourth-order valence-corrected chi connectivity index (χ4v) is 2.16. The quantitative estimate of drug-likeness (QED) is 0.506. The van der Waals surface area contributed by atoms with Crippen molar-refractivity contribution in [1.82, 2.24) is 5.43 Å². The Kier molecular flexibility index (Phi) is 5.38. The van der Waals surface area contributed by atoms with Crippen LogP contribution in [-0.4, -0.2) is 25.8 Å². The molecule has 0 aliphatic rings. The predicted octanol–water partition coefficient (Wildman–Crippen LogP) is 2.90. The number of nitrogens with one attached hydrogen (secondary N) is 1. The maximum Gasteiger partial charge on any atom is 0.227 e. The van der Waals surface area contributed by atoms with Crippen molar-refractivity contribution in [2.75, 3.05) is 13.7 Å². The lowest BCUT2D eigenvalue weighted by Crippen LogP contribution is -2.15. The van der Waals surface area contributed by atoms with Crippen molar-refractivity contribution in [3.63, 3.8) is 0 Å². The molecule has 0 bridgehead atoms. The molecule has 0 aromatic heterocycles. The minimum Gasteiger partial charge on any atom is -0.378 e. The molecule has 5 heteroatoms. The van der Waals surface area contributed by atoms with E-state index < -0.39 is 0 Å². The number of ether oxygens (including phenoxy) is 1. The molecule has 22 heavy (non-hydrogen) atoms. The van der Waals surface area contributed by atoms with Crippen LogP contribution in [-0.2, 0) is 9.53 Å². The van der Waals surface area contributed by atoms with Gasteiger partial charge in [-0.3, -0.25) is 4.79 Å². The van der Waals surface area contributed by atoms with E-state index in [1.807, 2.05) is 31.2 Å². The average Bonchev–Trinajstić information content (AvgIpc) is 2.51. The Hall–Kier alpha value is -2.53. The molecule has 114 valence electrons. The largest absolute Gasteiger partial charge is 0.378 e. The average molecular weight is 300 g/mol. The number of halogens is 1. The van der Waals surface area contributed by atoms with E-state index in [0.717, 1.165) is 11.1 Å². The first-order chi connectivity index (χ1) is 10.7. The molecule has 4 nitrogen and oxygen atoms in total. The maximum absolute atomic E-state index is 14.4. The molecule has 0 aliphatic carbocycles. The monoisotopic (exact) mass is 300 g/mol. The first-order valence-electron chi connectivity index (χ1n) is 6.77. The first-order valence-corrected chi connectivity index (χ1v) is 6.77. The number of benzene rings is 2. The number of rotatable bonds is 6. The Balaban J connectivity index is 2.38. The Morgan fingerprint density at radius 2 is 2.14 bits per heavy atom. The number of amides is 1. The van der Waals surface area contributed by atoms with Crippen molar-refractivity contribution in [2.45, 2.75) is 6.92 Å². The summed E-state index contributed by atoms with van der Waals surface area (Å²) in [5, 5.41) is 3.87. The van der Waals surface area contributed by atoms with Crippen molar-refractivity contribution in [3.8, 4) is 11.1 Å². The molecule has 0 fully saturated rings. The van der Waals surface area contributed by atoms with Crippen LogP contribution < -0.4 is 5.43 Å². The van der Waals surface area contributed by atoms with Crippen LogP contribution >= 0.6 is 0 Å². The minimum atomic E-state index is -0.349. The van der Waals surface area contributed by atoms with E-state index in [1.54, 1.807) is 12.1 Å². The van der Waals surface area contributed by atoms with Crippen LogP contribution in [0.4, 0.5) is 4.39 Å². The van der Waals surface area contributed by atoms with Crippen LogP contribution in [0.5, 0.6) is 0 Å². The number of hydrazone groups is 1. The van der Waals surface area contributed by atoms with Crippen LogP contribution in [0.2, 0.25) is 0 Å². The van der Waals surface area contributed by atoms with Crippen molar-refractivity contribution >= 4 is 12.1 Å². The van der Waals surface area contributed by atoms with Gasteiger partial charge < -0.3 is 4.74 Å². The highest BCUT2D eigenvalue weighted by atomic mass is 19.1. The van der Waals surface area contributed by atoms with Crippen LogP contribution in [0.3, 0.4) is 0 Å². The summed E-state index contributed by atoms with van der Waals surface area (Å²) >= 11 is 0. The van der Waals surface area contributed by atoms with E-state index in [0.29, 0.717) is 23.2 Å². The molecule has 2 rings (SSSR count). The first kappa shape index (κ1) is 15.9. The third-order valence-electron chi connectivity index (χ3n) is 3.16. The summed E-state index contributed by atoms with van der Waals surface area (Å²) in [5.74, 6) is -0.349. The number of carbonyl (C=O) groups is 1. The van der Waals surface area contributed by atoms with Crippen LogP contribution in [0.15, 0.2) is 47.6 Å². The van der Waals surface area contributed by atoms with Gasteiger partial charge in [-0.1, -0.05) is 42.0 Å². The van der Waals surface area contributed by atoms with E-state index in [9.17, 15) is 9.18 Å². The summed E-state index contributed by atoms with van der Waals surface area (Å²) in [6, 6.07) is 12.5. The zero-order valence-corrected chi connectivity index (χ0v) is 12.5. The smallest absolute Gasteiger partial charge is 0.227 e. The van der Waals surface area contributed by atoms with Crippen molar-refractivity contribution in [3.05, 3.63) is 59.4 Å². The van der Waals surface area contributed by atoms with Gasteiger partial charge in [-0.2, -0.15) is 5.10 Å². The third-order valence-corrected chi connectivity index (χ3v) is 3.16. The molecule has 2 aromatic rings. The lowest BCUT2D eigenvalue weighted by molar-refractivity contribution is -0.109. The van der Waals surface area contributed by atoms with Gasteiger partial charge in [0.2, 0.25) is 6.41 Å². The zero-order chi connectivity index (χ0) is 15.9. The Bertz CT molecular complexity index is 699. The SMILES string of the molecule is COC/C(=N\NC=O)c1ccc(-c2cccc(C)c2)c(F)c1. The van der Waals surface area contributed by atoms with Crippen molar-refractivity contribution in [2.24, 2.45) is 5.10 Å². The molecule has 1 amide bonds. The molecule has 1 N–H and O–H groups in total. The van der Waals surface area contributed by atoms with Gasteiger partial charge in [0.05, 0.1) is 12.3 Å². The van der Waals surface area contributed by atoms with Crippen LogP contribution in [0, 0.1) is 12.7 Å².